The highest BCUT2D eigenvalue weighted by molar-refractivity contribution is 6.10. The number of aliphatic carboxylic acids is 1. The molecule has 1 amide bonds. The Bertz CT molecular complexity index is 1090. The summed E-state index contributed by atoms with van der Waals surface area (Å²) in [5.74, 6) is 1.31. The number of methoxy groups -OCH3 is 1. The van der Waals surface area contributed by atoms with Crippen LogP contribution in [-0.2, 0) is 9.59 Å². The number of amides is 1. The van der Waals surface area contributed by atoms with Gasteiger partial charge in [-0.2, -0.15) is 5.10 Å². The summed E-state index contributed by atoms with van der Waals surface area (Å²) in [7, 11) is 1.68. The van der Waals surface area contributed by atoms with Crippen molar-refractivity contribution >= 4 is 29.1 Å². The van der Waals surface area contributed by atoms with Crippen LogP contribution in [0.25, 0.3) is 11.1 Å². The third kappa shape index (κ3) is 4.57. The fourth-order valence-corrected chi connectivity index (χ4v) is 4.05. The first-order valence-corrected chi connectivity index (χ1v) is 10.9. The molecule has 1 saturated carbocycles. The lowest BCUT2D eigenvalue weighted by atomic mass is 9.91. The molecule has 1 atom stereocenters. The van der Waals surface area contributed by atoms with Gasteiger partial charge in [0.05, 0.1) is 12.8 Å². The average molecular weight is 453 g/mol. The van der Waals surface area contributed by atoms with Crippen LogP contribution < -0.4 is 25.1 Å². The summed E-state index contributed by atoms with van der Waals surface area (Å²) < 4.78 is 11.6. The molecular formula is C24H28N4O5. The molecule has 0 radical (unpaired) electrons. The monoisotopic (exact) mass is 452 g/mol. The Morgan fingerprint density at radius 2 is 2.00 bits per heavy atom. The summed E-state index contributed by atoms with van der Waals surface area (Å²) in [6.07, 6.45) is 3.57. The molecular weight excluding hydrogens is 424 g/mol. The number of carbonyl (C=O) groups is 2. The Labute approximate surface area is 192 Å². The van der Waals surface area contributed by atoms with Crippen LogP contribution in [0.3, 0.4) is 0 Å². The van der Waals surface area contributed by atoms with Crippen LogP contribution in [0.4, 0.5) is 11.4 Å². The van der Waals surface area contributed by atoms with Gasteiger partial charge in [0, 0.05) is 29.8 Å². The molecule has 0 bridgehead atoms. The SMILES string of the molecule is CC(=O)O.COc1ccccc1-c1cc2c(cc1NC1CCC1)N1C(=NNC(=O)C1C)CO2. The van der Waals surface area contributed by atoms with Crippen LogP contribution in [0.15, 0.2) is 41.5 Å². The predicted octanol–water partition coefficient (Wildman–Crippen LogP) is 3.45. The number of para-hydroxylation sites is 1. The van der Waals surface area contributed by atoms with E-state index >= 15 is 0 Å². The number of nitrogens with one attached hydrogen (secondary N) is 2. The van der Waals surface area contributed by atoms with Gasteiger partial charge in [-0.15, -0.1) is 0 Å². The normalized spacial score (nSPS) is 18.8. The van der Waals surface area contributed by atoms with Crippen LogP contribution >= 0.6 is 0 Å². The summed E-state index contributed by atoms with van der Waals surface area (Å²) in [5.41, 5.74) is 6.49. The first kappa shape index (κ1) is 22.4. The molecule has 174 valence electrons. The molecule has 2 aromatic rings. The second-order valence-corrected chi connectivity index (χ2v) is 8.20. The smallest absolute Gasteiger partial charge is 0.300 e. The Morgan fingerprint density at radius 3 is 2.67 bits per heavy atom. The van der Waals surface area contributed by atoms with Gasteiger partial charge in [0.1, 0.15) is 24.1 Å². The number of anilines is 2. The van der Waals surface area contributed by atoms with Crippen LogP contribution in [0, 0.1) is 0 Å². The summed E-state index contributed by atoms with van der Waals surface area (Å²) in [6.45, 7) is 3.28. The molecule has 9 heteroatoms. The van der Waals surface area contributed by atoms with E-state index in [9.17, 15) is 4.79 Å². The van der Waals surface area contributed by atoms with Gasteiger partial charge in [0.2, 0.25) is 0 Å². The zero-order valence-corrected chi connectivity index (χ0v) is 18.9. The second-order valence-electron chi connectivity index (χ2n) is 8.20. The highest BCUT2D eigenvalue weighted by Crippen LogP contribution is 2.45. The van der Waals surface area contributed by atoms with Crippen molar-refractivity contribution in [2.75, 3.05) is 23.9 Å². The largest absolute Gasteiger partial charge is 0.496 e. The van der Waals surface area contributed by atoms with Crippen LogP contribution in [0.2, 0.25) is 0 Å². The van der Waals surface area contributed by atoms with E-state index in [1.807, 2.05) is 36.1 Å². The number of nitrogens with zero attached hydrogens (tertiary/aromatic N) is 2. The molecule has 2 heterocycles. The molecule has 0 aromatic heterocycles. The van der Waals surface area contributed by atoms with Gasteiger partial charge in [-0.25, -0.2) is 5.43 Å². The van der Waals surface area contributed by atoms with E-state index in [1.165, 1.54) is 6.42 Å². The highest BCUT2D eigenvalue weighted by Gasteiger charge is 2.36. The molecule has 2 aliphatic heterocycles. The van der Waals surface area contributed by atoms with E-state index in [0.29, 0.717) is 18.5 Å². The Hall–Kier alpha value is -3.75. The molecule has 1 aliphatic carbocycles. The van der Waals surface area contributed by atoms with E-state index in [2.05, 4.69) is 28.0 Å². The van der Waals surface area contributed by atoms with Crippen LogP contribution in [0.1, 0.15) is 33.1 Å². The Kier molecular flexibility index (Phi) is 6.39. The van der Waals surface area contributed by atoms with Gasteiger partial charge in [-0.05, 0) is 44.4 Å². The predicted molar refractivity (Wildman–Crippen MR) is 126 cm³/mol. The lowest BCUT2D eigenvalue weighted by molar-refractivity contribution is -0.134. The standard InChI is InChI=1S/C22H24N4O3.C2H4O2/c1-13-22(27)25-24-21-12-29-20-10-16(15-8-3-4-9-19(15)28-2)17(11-18(20)26(13)21)23-14-6-5-7-14;1-2(3)4/h3-4,8-11,13-14,23H,5-7,12H2,1-2H3,(H,25,27);1H3,(H,3,4). The minimum absolute atomic E-state index is 0.121. The van der Waals surface area contributed by atoms with E-state index in [1.54, 1.807) is 7.11 Å². The van der Waals surface area contributed by atoms with Gasteiger partial charge in [0.25, 0.3) is 11.9 Å². The number of carboxylic acids is 1. The van der Waals surface area contributed by atoms with Crippen LogP contribution in [-0.4, -0.2) is 48.6 Å². The van der Waals surface area contributed by atoms with Crippen molar-refractivity contribution in [3.05, 3.63) is 36.4 Å². The van der Waals surface area contributed by atoms with Gasteiger partial charge in [0.15, 0.2) is 5.84 Å². The van der Waals surface area contributed by atoms with Gasteiger partial charge in [-0.1, -0.05) is 18.2 Å². The number of benzene rings is 2. The molecule has 1 fully saturated rings. The van der Waals surface area contributed by atoms with Gasteiger partial charge >= 0.3 is 0 Å². The number of hydrazone groups is 1. The summed E-state index contributed by atoms with van der Waals surface area (Å²) in [5, 5.41) is 15.3. The topological polar surface area (TPSA) is 112 Å². The lowest BCUT2D eigenvalue weighted by Crippen LogP contribution is -2.55. The number of carbonyl (C=O) groups excluding carboxylic acids is 1. The number of fused-ring (bicyclic) bond motifs is 3. The molecule has 2 aromatic carbocycles. The maximum Gasteiger partial charge on any atom is 0.300 e. The first-order valence-electron chi connectivity index (χ1n) is 10.9. The molecule has 1 unspecified atom stereocenters. The number of amidine groups is 1. The van der Waals surface area contributed by atoms with Crippen molar-refractivity contribution in [2.45, 2.75) is 45.2 Å². The maximum absolute atomic E-state index is 12.2. The zero-order chi connectivity index (χ0) is 23.5. The third-order valence-corrected chi connectivity index (χ3v) is 5.92. The minimum Gasteiger partial charge on any atom is -0.496 e. The van der Waals surface area contributed by atoms with Crippen LogP contribution in [0.5, 0.6) is 11.5 Å². The Balaban J connectivity index is 0.000000601. The Morgan fingerprint density at radius 1 is 1.27 bits per heavy atom. The molecule has 33 heavy (non-hydrogen) atoms. The molecule has 0 spiro atoms. The van der Waals surface area contributed by atoms with Crippen molar-refractivity contribution in [1.82, 2.24) is 5.43 Å². The number of rotatable bonds is 4. The second kappa shape index (κ2) is 9.40. The molecule has 9 nitrogen and oxygen atoms in total. The fourth-order valence-electron chi connectivity index (χ4n) is 4.05. The fraction of sp³-hybridized carbons (Fsp3) is 0.375. The number of hydrogen-bond acceptors (Lipinski definition) is 7. The number of hydrogen-bond donors (Lipinski definition) is 3. The van der Waals surface area contributed by atoms with Crippen molar-refractivity contribution in [1.29, 1.82) is 0 Å². The summed E-state index contributed by atoms with van der Waals surface area (Å²) >= 11 is 0. The number of ether oxygens (including phenoxy) is 2. The highest BCUT2D eigenvalue weighted by atomic mass is 16.5. The first-order chi connectivity index (χ1) is 15.9. The summed E-state index contributed by atoms with van der Waals surface area (Å²) in [4.78, 5) is 23.2. The van der Waals surface area contributed by atoms with E-state index in [0.717, 1.165) is 53.8 Å². The molecule has 0 saturated heterocycles. The molecule has 3 N–H and O–H groups in total. The van der Waals surface area contributed by atoms with Crippen molar-refractivity contribution < 1.29 is 24.2 Å². The summed E-state index contributed by atoms with van der Waals surface area (Å²) in [6, 6.07) is 12.2. The third-order valence-electron chi connectivity index (χ3n) is 5.92. The molecule has 5 rings (SSSR count). The number of carboxylic acid groups (broad SMARTS) is 1. The van der Waals surface area contributed by atoms with E-state index in [-0.39, 0.29) is 11.9 Å². The lowest BCUT2D eigenvalue weighted by Gasteiger charge is -2.39. The average Bonchev–Trinajstić information content (AvgIpc) is 2.77. The van der Waals surface area contributed by atoms with Crippen molar-refractivity contribution in [3.63, 3.8) is 0 Å². The minimum atomic E-state index is -0.833. The van der Waals surface area contributed by atoms with Gasteiger partial charge < -0.3 is 24.8 Å². The van der Waals surface area contributed by atoms with Crippen molar-refractivity contribution in [2.24, 2.45) is 5.10 Å². The molecule has 3 aliphatic rings. The quantitative estimate of drug-likeness (QED) is 0.651. The van der Waals surface area contributed by atoms with E-state index in [4.69, 9.17) is 19.4 Å². The van der Waals surface area contributed by atoms with Gasteiger partial charge in [-0.3, -0.25) is 9.59 Å². The zero-order valence-electron chi connectivity index (χ0n) is 18.9. The van der Waals surface area contributed by atoms with Crippen molar-refractivity contribution in [3.8, 4) is 22.6 Å². The van der Waals surface area contributed by atoms with E-state index < -0.39 is 5.97 Å². The maximum atomic E-state index is 12.2.